The van der Waals surface area contributed by atoms with E-state index in [0.29, 0.717) is 32.1 Å². The quantitative estimate of drug-likeness (QED) is 0.329. The molecule has 146 valence electrons. The summed E-state index contributed by atoms with van der Waals surface area (Å²) in [6.45, 7) is 3.36. The van der Waals surface area contributed by atoms with E-state index >= 15 is 0 Å². The molecular weight excluding hydrogens is 338 g/mol. The van der Waals surface area contributed by atoms with Crippen molar-refractivity contribution in [3.8, 4) is 12.3 Å². The van der Waals surface area contributed by atoms with Crippen LogP contribution in [0, 0.1) is 41.4 Å². The first-order valence-electron chi connectivity index (χ1n) is 12.9. The first-order valence-corrected chi connectivity index (χ1v) is 9.87. The lowest BCUT2D eigenvalue weighted by atomic mass is 9.49. The highest BCUT2D eigenvalue weighted by Gasteiger charge is 2.65. The van der Waals surface area contributed by atoms with E-state index < -0.39 is 47.4 Å². The van der Waals surface area contributed by atoms with Crippen molar-refractivity contribution in [2.45, 2.75) is 77.1 Å². The third-order valence-electron chi connectivity index (χ3n) is 7.51. The fourth-order valence-electron chi connectivity index (χ4n) is 6.45. The standard InChI is InChI=1S/C23H31NO3/c1-4-22-12-10-19-18-9-7-17(24-26)14-16(18)6-8-20(19)21(22)11-13-23(22,5-2)27-15(3)25/h2,14,18-21,26H,4,6-13H2,1,3H3/b24-17+/t18-,19+,20+,21-,22-,23-/m1/s1/i6D2,7D2,14D,18D. The third-order valence-corrected chi connectivity index (χ3v) is 7.51. The Kier molecular flexibility index (Phi) is 3.13. The van der Waals surface area contributed by atoms with Gasteiger partial charge in [0.1, 0.15) is 0 Å². The van der Waals surface area contributed by atoms with Crippen LogP contribution in [0.2, 0.25) is 0 Å². The average Bonchev–Trinajstić information content (AvgIpc) is 3.01. The van der Waals surface area contributed by atoms with Crippen LogP contribution in [-0.2, 0) is 9.53 Å². The Morgan fingerprint density at radius 1 is 1.44 bits per heavy atom. The van der Waals surface area contributed by atoms with Gasteiger partial charge in [-0.2, -0.15) is 0 Å². The summed E-state index contributed by atoms with van der Waals surface area (Å²) < 4.78 is 58.1. The number of carbonyl (C=O) groups excluding carboxylic acids is 1. The van der Waals surface area contributed by atoms with Crippen LogP contribution in [0.3, 0.4) is 0 Å². The highest BCUT2D eigenvalue weighted by molar-refractivity contribution is 5.96. The number of allylic oxidation sites excluding steroid dienone is 2. The summed E-state index contributed by atoms with van der Waals surface area (Å²) in [5, 5.41) is 12.4. The summed E-state index contributed by atoms with van der Waals surface area (Å²) in [5.41, 5.74) is -2.19. The molecule has 0 amide bonds. The smallest absolute Gasteiger partial charge is 0.304 e. The van der Waals surface area contributed by atoms with Gasteiger partial charge in [0.25, 0.3) is 0 Å². The monoisotopic (exact) mass is 375 g/mol. The maximum atomic E-state index is 12.0. The topological polar surface area (TPSA) is 58.9 Å². The van der Waals surface area contributed by atoms with Gasteiger partial charge in [0.05, 0.1) is 7.08 Å². The number of esters is 1. The van der Waals surface area contributed by atoms with E-state index in [1.54, 1.807) is 0 Å². The van der Waals surface area contributed by atoms with Gasteiger partial charge in [0.2, 0.25) is 0 Å². The number of carbonyl (C=O) groups is 1. The molecule has 4 aliphatic carbocycles. The van der Waals surface area contributed by atoms with Gasteiger partial charge in [0, 0.05) is 19.2 Å². The molecule has 0 radical (unpaired) electrons. The number of rotatable bonds is 2. The molecule has 3 saturated carbocycles. The Morgan fingerprint density at radius 2 is 2.26 bits per heavy atom. The minimum absolute atomic E-state index is 0.0743. The summed E-state index contributed by atoms with van der Waals surface area (Å²) >= 11 is 0. The van der Waals surface area contributed by atoms with E-state index in [-0.39, 0.29) is 36.2 Å². The van der Waals surface area contributed by atoms with Crippen LogP contribution >= 0.6 is 0 Å². The number of nitrogens with zero attached hydrogens (tertiary/aromatic N) is 1. The Hall–Kier alpha value is -1.76. The second kappa shape index (κ2) is 6.69. The predicted octanol–water partition coefficient (Wildman–Crippen LogP) is 4.71. The molecule has 0 saturated heterocycles. The van der Waals surface area contributed by atoms with Gasteiger partial charge in [-0.15, -0.1) is 6.42 Å². The molecule has 4 heteroatoms. The van der Waals surface area contributed by atoms with Crippen LogP contribution in [0.4, 0.5) is 0 Å². The summed E-state index contributed by atoms with van der Waals surface area (Å²) in [6.07, 6.45) is 4.27. The molecule has 0 aromatic carbocycles. The molecule has 1 N–H and O–H groups in total. The van der Waals surface area contributed by atoms with Crippen molar-refractivity contribution in [2.24, 2.45) is 34.2 Å². The van der Waals surface area contributed by atoms with Crippen molar-refractivity contribution in [3.05, 3.63) is 11.6 Å². The Bertz CT molecular complexity index is 987. The van der Waals surface area contributed by atoms with Crippen LogP contribution in [-0.4, -0.2) is 22.5 Å². The van der Waals surface area contributed by atoms with Gasteiger partial charge in [-0.3, -0.25) is 4.79 Å². The number of terminal acetylenes is 1. The first kappa shape index (κ1) is 12.6. The highest BCUT2D eigenvalue weighted by atomic mass is 16.6. The molecule has 4 aliphatic rings. The van der Waals surface area contributed by atoms with Gasteiger partial charge < -0.3 is 9.94 Å². The molecule has 4 rings (SSSR count). The number of hydrogen-bond donors (Lipinski definition) is 1. The summed E-state index contributed by atoms with van der Waals surface area (Å²) in [4.78, 5) is 12.0. The Morgan fingerprint density at radius 3 is 2.93 bits per heavy atom. The lowest BCUT2D eigenvalue weighted by Crippen LogP contribution is -2.55. The summed E-state index contributed by atoms with van der Waals surface area (Å²) in [6, 6.07) is -0.496. The minimum atomic E-state index is -2.22. The van der Waals surface area contributed by atoms with Gasteiger partial charge in [-0.1, -0.05) is 23.6 Å². The van der Waals surface area contributed by atoms with Crippen LogP contribution in [0.1, 0.15) is 79.8 Å². The molecule has 0 bridgehead atoms. The van der Waals surface area contributed by atoms with Crippen molar-refractivity contribution < 1.29 is 23.0 Å². The fourth-order valence-corrected chi connectivity index (χ4v) is 6.45. The number of oxime groups is 1. The second-order valence-corrected chi connectivity index (χ2v) is 8.24. The summed E-state index contributed by atoms with van der Waals surface area (Å²) in [5.74, 6) is -0.0102. The van der Waals surface area contributed by atoms with Crippen molar-refractivity contribution in [1.82, 2.24) is 0 Å². The molecule has 0 aliphatic heterocycles. The Balaban J connectivity index is 1.85. The molecule has 0 aromatic rings. The normalized spacial score (nSPS) is 54.6. The fraction of sp³-hybridized carbons (Fsp3) is 0.739. The number of hydrogen-bond acceptors (Lipinski definition) is 4. The lowest BCUT2D eigenvalue weighted by Gasteiger charge is -2.56. The maximum Gasteiger partial charge on any atom is 0.304 e. The molecule has 3 fully saturated rings. The molecular formula is C23H31NO3. The number of ether oxygens (including phenoxy) is 1. The zero-order valence-corrected chi connectivity index (χ0v) is 16.0. The van der Waals surface area contributed by atoms with Crippen molar-refractivity contribution >= 4 is 11.7 Å². The van der Waals surface area contributed by atoms with Crippen LogP contribution in [0.25, 0.3) is 0 Å². The van der Waals surface area contributed by atoms with E-state index in [1.807, 2.05) is 6.92 Å². The van der Waals surface area contributed by atoms with E-state index in [2.05, 4.69) is 11.1 Å². The van der Waals surface area contributed by atoms with Gasteiger partial charge in [0.15, 0.2) is 5.60 Å². The molecule has 6 atom stereocenters. The molecule has 0 heterocycles. The van der Waals surface area contributed by atoms with E-state index in [0.717, 1.165) is 0 Å². The zero-order chi connectivity index (χ0) is 24.6. The SMILES string of the molecule is [2H]C1=C2C([2H])([2H])C[C@@H]3[C@H]4CC[C@@](C#C)(OC(C)=O)[C@]4(CC)CC[C@H]3[C@]2([2H])CC([2H])([2H])/C1=N\O. The van der Waals surface area contributed by atoms with E-state index in [1.165, 1.54) is 6.92 Å². The molecule has 27 heavy (non-hydrogen) atoms. The van der Waals surface area contributed by atoms with E-state index in [4.69, 9.17) is 18.0 Å². The van der Waals surface area contributed by atoms with Crippen LogP contribution in [0.15, 0.2) is 16.8 Å². The number of fused-ring (bicyclic) bond motifs is 5. The minimum Gasteiger partial charge on any atom is -0.445 e. The molecule has 0 aromatic heterocycles. The second-order valence-electron chi connectivity index (χ2n) is 8.24. The van der Waals surface area contributed by atoms with Crippen molar-refractivity contribution in [1.29, 1.82) is 0 Å². The van der Waals surface area contributed by atoms with Crippen molar-refractivity contribution in [2.75, 3.05) is 0 Å². The average molecular weight is 376 g/mol. The molecule has 0 unspecified atom stereocenters. The summed E-state index contributed by atoms with van der Waals surface area (Å²) in [7, 11) is 0. The predicted molar refractivity (Wildman–Crippen MR) is 104 cm³/mol. The highest BCUT2D eigenvalue weighted by Crippen LogP contribution is 2.67. The lowest BCUT2D eigenvalue weighted by molar-refractivity contribution is -0.170. The Labute approximate surface area is 170 Å². The van der Waals surface area contributed by atoms with Crippen LogP contribution < -0.4 is 0 Å². The largest absolute Gasteiger partial charge is 0.445 e. The van der Waals surface area contributed by atoms with Gasteiger partial charge >= 0.3 is 5.97 Å². The molecule has 4 nitrogen and oxygen atoms in total. The van der Waals surface area contributed by atoms with E-state index in [9.17, 15) is 11.4 Å². The molecule has 0 spiro atoms. The van der Waals surface area contributed by atoms with Gasteiger partial charge in [-0.05, 0) is 87.4 Å². The van der Waals surface area contributed by atoms with Crippen molar-refractivity contribution in [3.63, 3.8) is 0 Å². The van der Waals surface area contributed by atoms with Gasteiger partial charge in [-0.25, -0.2) is 0 Å². The van der Waals surface area contributed by atoms with Crippen LogP contribution in [0.5, 0.6) is 0 Å². The maximum absolute atomic E-state index is 12.0. The zero-order valence-electron chi connectivity index (χ0n) is 22.0. The first-order chi connectivity index (χ1) is 15.2. The third kappa shape index (κ3) is 2.57.